The van der Waals surface area contributed by atoms with Gasteiger partial charge in [0.15, 0.2) is 17.3 Å². The average Bonchev–Trinajstić information content (AvgIpc) is 2.21. The van der Waals surface area contributed by atoms with Crippen LogP contribution in [0.1, 0.15) is 10.4 Å². The van der Waals surface area contributed by atoms with Crippen LogP contribution in [0.3, 0.4) is 0 Å². The zero-order valence-corrected chi connectivity index (χ0v) is 8.50. The zero-order valence-electron chi connectivity index (χ0n) is 8.50. The predicted octanol–water partition coefficient (Wildman–Crippen LogP) is 0.942. The van der Waals surface area contributed by atoms with Gasteiger partial charge in [-0.25, -0.2) is 4.39 Å². The summed E-state index contributed by atoms with van der Waals surface area (Å²) in [6, 6.07) is 2.05. The van der Waals surface area contributed by atoms with Crippen molar-refractivity contribution in [2.75, 3.05) is 20.7 Å². The third kappa shape index (κ3) is 2.44. The molecular formula is C10H12FNO3. The summed E-state index contributed by atoms with van der Waals surface area (Å²) >= 11 is 0. The molecule has 0 aliphatic rings. The van der Waals surface area contributed by atoms with Gasteiger partial charge in [-0.1, -0.05) is 0 Å². The van der Waals surface area contributed by atoms with Crippen LogP contribution in [0.5, 0.6) is 11.5 Å². The molecule has 5 heteroatoms. The summed E-state index contributed by atoms with van der Waals surface area (Å²) in [5, 5.41) is 11.8. The fourth-order valence-corrected chi connectivity index (χ4v) is 1.19. The number of carbonyl (C=O) groups is 1. The molecule has 0 atom stereocenters. The van der Waals surface area contributed by atoms with Gasteiger partial charge in [0.25, 0.3) is 0 Å². The number of methoxy groups -OCH3 is 1. The van der Waals surface area contributed by atoms with Crippen molar-refractivity contribution in [3.05, 3.63) is 23.5 Å². The lowest BCUT2D eigenvalue weighted by Crippen LogP contribution is -2.19. The molecule has 0 spiro atoms. The molecule has 2 N–H and O–H groups in total. The maximum Gasteiger partial charge on any atom is 0.180 e. The highest BCUT2D eigenvalue weighted by molar-refractivity contribution is 6.00. The van der Waals surface area contributed by atoms with Gasteiger partial charge in [0, 0.05) is 6.07 Å². The summed E-state index contributed by atoms with van der Waals surface area (Å²) in [4.78, 5) is 11.5. The van der Waals surface area contributed by atoms with E-state index in [-0.39, 0.29) is 23.6 Å². The van der Waals surface area contributed by atoms with E-state index in [1.165, 1.54) is 7.11 Å². The Labute approximate surface area is 86.7 Å². The normalized spacial score (nSPS) is 10.1. The SMILES string of the molecule is CNCC(=O)c1cc(O)c(F)cc1OC. The number of ketones is 1. The number of Topliss-reactive ketones (excluding diaryl/α,β-unsaturated/α-hetero) is 1. The van der Waals surface area contributed by atoms with E-state index in [1.807, 2.05) is 0 Å². The topological polar surface area (TPSA) is 58.6 Å². The Morgan fingerprint density at radius 3 is 2.80 bits per heavy atom. The molecule has 0 saturated carbocycles. The summed E-state index contributed by atoms with van der Waals surface area (Å²) in [5.74, 6) is -1.53. The molecule has 0 aliphatic heterocycles. The number of hydrogen-bond acceptors (Lipinski definition) is 4. The lowest BCUT2D eigenvalue weighted by molar-refractivity contribution is 0.0990. The Hall–Kier alpha value is -1.62. The van der Waals surface area contributed by atoms with Gasteiger partial charge in [-0.3, -0.25) is 4.79 Å². The van der Waals surface area contributed by atoms with Crippen molar-refractivity contribution in [1.29, 1.82) is 0 Å². The number of nitrogens with one attached hydrogen (secondary N) is 1. The molecule has 82 valence electrons. The number of halogens is 1. The smallest absolute Gasteiger partial charge is 0.180 e. The van der Waals surface area contributed by atoms with E-state index >= 15 is 0 Å². The number of carbonyl (C=O) groups excluding carboxylic acids is 1. The molecule has 1 aromatic rings. The highest BCUT2D eigenvalue weighted by Gasteiger charge is 2.15. The number of aromatic hydroxyl groups is 1. The van der Waals surface area contributed by atoms with E-state index in [0.29, 0.717) is 0 Å². The van der Waals surface area contributed by atoms with Gasteiger partial charge in [-0.2, -0.15) is 0 Å². The van der Waals surface area contributed by atoms with Crippen LogP contribution in [0.25, 0.3) is 0 Å². The number of phenolic OH excluding ortho intramolecular Hbond substituents is 1. The molecule has 0 amide bonds. The first-order valence-electron chi connectivity index (χ1n) is 4.34. The van der Waals surface area contributed by atoms with Crippen LogP contribution in [0.15, 0.2) is 12.1 Å². The molecule has 1 rings (SSSR count). The number of rotatable bonds is 4. The minimum Gasteiger partial charge on any atom is -0.505 e. The van der Waals surface area contributed by atoms with Gasteiger partial charge in [0.1, 0.15) is 5.75 Å². The lowest BCUT2D eigenvalue weighted by atomic mass is 10.1. The van der Waals surface area contributed by atoms with Crippen molar-refractivity contribution < 1.29 is 19.0 Å². The molecule has 4 nitrogen and oxygen atoms in total. The van der Waals surface area contributed by atoms with Crippen LogP contribution in [-0.2, 0) is 0 Å². The summed E-state index contributed by atoms with van der Waals surface area (Å²) in [5.41, 5.74) is 0.158. The average molecular weight is 213 g/mol. The monoisotopic (exact) mass is 213 g/mol. The van der Waals surface area contributed by atoms with Crippen LogP contribution in [0.4, 0.5) is 4.39 Å². The third-order valence-corrected chi connectivity index (χ3v) is 1.91. The summed E-state index contributed by atoms with van der Waals surface area (Å²) in [6.45, 7) is 0.0986. The maximum atomic E-state index is 12.9. The minimum atomic E-state index is -0.812. The van der Waals surface area contributed by atoms with Crippen molar-refractivity contribution >= 4 is 5.78 Å². The van der Waals surface area contributed by atoms with E-state index in [1.54, 1.807) is 7.05 Å². The summed E-state index contributed by atoms with van der Waals surface area (Å²) in [7, 11) is 2.95. The van der Waals surface area contributed by atoms with Crippen molar-refractivity contribution in [3.8, 4) is 11.5 Å². The Morgan fingerprint density at radius 2 is 2.27 bits per heavy atom. The summed E-state index contributed by atoms with van der Waals surface area (Å²) in [6.07, 6.45) is 0. The number of likely N-dealkylation sites (N-methyl/N-ethyl adjacent to an activating group) is 1. The van der Waals surface area contributed by atoms with Gasteiger partial charge in [-0.05, 0) is 13.1 Å². The summed E-state index contributed by atoms with van der Waals surface area (Å²) < 4.78 is 17.8. The molecule has 0 aromatic heterocycles. The lowest BCUT2D eigenvalue weighted by Gasteiger charge is -2.08. The maximum absolute atomic E-state index is 12.9. The second-order valence-corrected chi connectivity index (χ2v) is 2.96. The molecule has 1 aromatic carbocycles. The quantitative estimate of drug-likeness (QED) is 0.731. The van der Waals surface area contributed by atoms with E-state index in [0.717, 1.165) is 12.1 Å². The number of ether oxygens (including phenoxy) is 1. The van der Waals surface area contributed by atoms with E-state index in [9.17, 15) is 9.18 Å². The molecule has 0 aliphatic carbocycles. The first-order valence-corrected chi connectivity index (χ1v) is 4.34. The van der Waals surface area contributed by atoms with Crippen LogP contribution in [0, 0.1) is 5.82 Å². The number of phenols is 1. The van der Waals surface area contributed by atoms with Crippen molar-refractivity contribution in [3.63, 3.8) is 0 Å². The second-order valence-electron chi connectivity index (χ2n) is 2.96. The standard InChI is InChI=1S/C10H12FNO3/c1-12-5-9(14)6-3-8(13)7(11)4-10(6)15-2/h3-4,12-13H,5H2,1-2H3. The molecule has 0 saturated heterocycles. The Morgan fingerprint density at radius 1 is 1.60 bits per heavy atom. The van der Waals surface area contributed by atoms with Gasteiger partial charge in [-0.15, -0.1) is 0 Å². The van der Waals surface area contributed by atoms with Crippen LogP contribution in [-0.4, -0.2) is 31.6 Å². The van der Waals surface area contributed by atoms with Crippen LogP contribution in [0.2, 0.25) is 0 Å². The van der Waals surface area contributed by atoms with E-state index < -0.39 is 11.6 Å². The first kappa shape index (κ1) is 11.5. The largest absolute Gasteiger partial charge is 0.505 e. The fraction of sp³-hybridized carbons (Fsp3) is 0.300. The Bertz CT molecular complexity index is 379. The van der Waals surface area contributed by atoms with E-state index in [4.69, 9.17) is 9.84 Å². The Balaban J connectivity index is 3.15. The second kappa shape index (κ2) is 4.75. The van der Waals surface area contributed by atoms with Gasteiger partial charge in [0.2, 0.25) is 0 Å². The number of benzene rings is 1. The van der Waals surface area contributed by atoms with Crippen molar-refractivity contribution in [1.82, 2.24) is 5.32 Å². The zero-order chi connectivity index (χ0) is 11.4. The van der Waals surface area contributed by atoms with Gasteiger partial charge in [0.05, 0.1) is 19.2 Å². The molecule has 0 unspecified atom stereocenters. The molecule has 0 radical (unpaired) electrons. The molecule has 0 heterocycles. The Kier molecular flexibility index (Phi) is 3.62. The van der Waals surface area contributed by atoms with Crippen LogP contribution >= 0.6 is 0 Å². The highest BCUT2D eigenvalue weighted by atomic mass is 19.1. The highest BCUT2D eigenvalue weighted by Crippen LogP contribution is 2.26. The third-order valence-electron chi connectivity index (χ3n) is 1.91. The fourth-order valence-electron chi connectivity index (χ4n) is 1.19. The van der Waals surface area contributed by atoms with Crippen molar-refractivity contribution in [2.45, 2.75) is 0 Å². The predicted molar refractivity (Wildman–Crippen MR) is 52.9 cm³/mol. The molecule has 0 bridgehead atoms. The molecule has 15 heavy (non-hydrogen) atoms. The van der Waals surface area contributed by atoms with Crippen molar-refractivity contribution in [2.24, 2.45) is 0 Å². The van der Waals surface area contributed by atoms with Gasteiger partial charge < -0.3 is 15.2 Å². The van der Waals surface area contributed by atoms with Gasteiger partial charge >= 0.3 is 0 Å². The van der Waals surface area contributed by atoms with Crippen LogP contribution < -0.4 is 10.1 Å². The first-order chi connectivity index (χ1) is 7.10. The minimum absolute atomic E-state index is 0.0986. The molecular weight excluding hydrogens is 201 g/mol. The molecule has 0 fully saturated rings. The van der Waals surface area contributed by atoms with E-state index in [2.05, 4.69) is 5.32 Å². The number of hydrogen-bond donors (Lipinski definition) is 2.